The molecule has 0 aliphatic carbocycles. The molecular weight excluding hydrogens is 273 g/mol. The van der Waals surface area contributed by atoms with Crippen LogP contribution in [0.25, 0.3) is 0 Å². The number of quaternary nitrogens is 1. The molecule has 5 nitrogen and oxygen atoms in total. The van der Waals surface area contributed by atoms with Crippen LogP contribution < -0.4 is 16.0 Å². The van der Waals surface area contributed by atoms with Gasteiger partial charge in [-0.2, -0.15) is 0 Å². The van der Waals surface area contributed by atoms with Gasteiger partial charge in [0.1, 0.15) is 11.9 Å². The molecule has 1 aromatic carbocycles. The van der Waals surface area contributed by atoms with E-state index in [0.29, 0.717) is 6.54 Å². The lowest BCUT2D eigenvalue weighted by Gasteiger charge is -2.19. The van der Waals surface area contributed by atoms with Gasteiger partial charge < -0.3 is 10.6 Å². The minimum absolute atomic E-state index is 0.0330. The Hall–Kier alpha value is -1.95. The van der Waals surface area contributed by atoms with E-state index in [2.05, 4.69) is 10.6 Å². The van der Waals surface area contributed by atoms with Crippen LogP contribution in [0.4, 0.5) is 9.18 Å². The van der Waals surface area contributed by atoms with Gasteiger partial charge in [-0.15, -0.1) is 0 Å². The number of rotatable bonds is 6. The Balaban J connectivity index is 2.58. The molecule has 4 N–H and O–H groups in total. The van der Waals surface area contributed by atoms with Gasteiger partial charge in [-0.3, -0.25) is 10.1 Å². The number of nitrogens with two attached hydrogens (primary N) is 1. The molecule has 0 bridgehead atoms. The first-order chi connectivity index (χ1) is 9.93. The van der Waals surface area contributed by atoms with Crippen molar-refractivity contribution < 1.29 is 19.3 Å². The summed E-state index contributed by atoms with van der Waals surface area (Å²) in [6.07, 6.45) is 0. The fourth-order valence-corrected chi connectivity index (χ4v) is 2.09. The Morgan fingerprint density at radius 3 is 2.38 bits per heavy atom. The molecule has 1 aromatic rings. The Morgan fingerprint density at radius 2 is 1.86 bits per heavy atom. The third kappa shape index (κ3) is 5.91. The summed E-state index contributed by atoms with van der Waals surface area (Å²) in [5.41, 5.74) is 0.956. The molecule has 0 heterocycles. The molecule has 0 aliphatic heterocycles. The van der Waals surface area contributed by atoms with Gasteiger partial charge >= 0.3 is 6.03 Å². The summed E-state index contributed by atoms with van der Waals surface area (Å²) in [7, 11) is 0. The van der Waals surface area contributed by atoms with E-state index >= 15 is 0 Å². The first-order valence-electron chi connectivity index (χ1n) is 7.10. The first kappa shape index (κ1) is 17.1. The summed E-state index contributed by atoms with van der Waals surface area (Å²) in [6.45, 7) is 6.45. The number of hydrogen-bond donors (Lipinski definition) is 3. The topological polar surface area (TPSA) is 74.8 Å². The molecular formula is C15H23FN3O2+. The van der Waals surface area contributed by atoms with E-state index in [9.17, 15) is 14.0 Å². The highest BCUT2D eigenvalue weighted by molar-refractivity contribution is 5.94. The summed E-state index contributed by atoms with van der Waals surface area (Å²) < 4.78 is 13.0. The number of amides is 3. The summed E-state index contributed by atoms with van der Waals surface area (Å²) >= 11 is 0. The maximum absolute atomic E-state index is 13.0. The van der Waals surface area contributed by atoms with Crippen LogP contribution in [0.1, 0.15) is 32.4 Å². The number of benzene rings is 1. The molecule has 0 fully saturated rings. The monoisotopic (exact) mass is 296 g/mol. The van der Waals surface area contributed by atoms with Gasteiger partial charge in [0.05, 0.1) is 0 Å². The fraction of sp³-hybridized carbons (Fsp3) is 0.467. The predicted molar refractivity (Wildman–Crippen MR) is 78.0 cm³/mol. The summed E-state index contributed by atoms with van der Waals surface area (Å²) in [4.78, 5) is 22.9. The SMILES string of the molecule is CCNC(=O)NC(=O)C[NH2+][C@H](c1ccc(F)cc1)C(C)C. The summed E-state index contributed by atoms with van der Waals surface area (Å²) in [5, 5.41) is 6.61. The van der Waals surface area contributed by atoms with Gasteiger partial charge in [0.2, 0.25) is 0 Å². The molecule has 3 amide bonds. The zero-order chi connectivity index (χ0) is 15.8. The van der Waals surface area contributed by atoms with Gasteiger partial charge in [0, 0.05) is 18.0 Å². The summed E-state index contributed by atoms with van der Waals surface area (Å²) in [5.74, 6) is -0.364. The number of carbonyl (C=O) groups excluding carboxylic acids is 2. The second-order valence-electron chi connectivity index (χ2n) is 5.17. The quantitative estimate of drug-likeness (QED) is 0.730. The minimum Gasteiger partial charge on any atom is -0.338 e. The van der Waals surface area contributed by atoms with Crippen LogP contribution >= 0.6 is 0 Å². The van der Waals surface area contributed by atoms with E-state index < -0.39 is 6.03 Å². The van der Waals surface area contributed by atoms with Crippen LogP contribution in [0, 0.1) is 11.7 Å². The van der Waals surface area contributed by atoms with Crippen LogP contribution in [0.15, 0.2) is 24.3 Å². The highest BCUT2D eigenvalue weighted by Gasteiger charge is 2.21. The number of nitrogens with one attached hydrogen (secondary N) is 2. The van der Waals surface area contributed by atoms with Gasteiger partial charge in [0.25, 0.3) is 5.91 Å². The zero-order valence-corrected chi connectivity index (χ0v) is 12.7. The van der Waals surface area contributed by atoms with E-state index in [4.69, 9.17) is 0 Å². The summed E-state index contributed by atoms with van der Waals surface area (Å²) in [6, 6.07) is 5.81. The van der Waals surface area contributed by atoms with Crippen molar-refractivity contribution in [2.75, 3.05) is 13.1 Å². The van der Waals surface area contributed by atoms with E-state index in [0.717, 1.165) is 5.56 Å². The van der Waals surface area contributed by atoms with Gasteiger partial charge in [0.15, 0.2) is 6.54 Å². The van der Waals surface area contributed by atoms with Crippen molar-refractivity contribution in [2.45, 2.75) is 26.8 Å². The molecule has 0 unspecified atom stereocenters. The van der Waals surface area contributed by atoms with Crippen LogP contribution in [0.5, 0.6) is 0 Å². The number of urea groups is 1. The maximum atomic E-state index is 13.0. The van der Waals surface area contributed by atoms with Crippen molar-refractivity contribution in [1.82, 2.24) is 10.6 Å². The predicted octanol–water partition coefficient (Wildman–Crippen LogP) is 0.932. The average Bonchev–Trinajstić information content (AvgIpc) is 2.40. The molecule has 0 saturated carbocycles. The Labute approximate surface area is 124 Å². The van der Waals surface area contributed by atoms with Crippen molar-refractivity contribution >= 4 is 11.9 Å². The molecule has 6 heteroatoms. The van der Waals surface area contributed by atoms with E-state index in [1.165, 1.54) is 12.1 Å². The normalized spacial score (nSPS) is 12.0. The zero-order valence-electron chi connectivity index (χ0n) is 12.7. The smallest absolute Gasteiger partial charge is 0.321 e. The van der Waals surface area contributed by atoms with Crippen molar-refractivity contribution in [3.8, 4) is 0 Å². The number of carbonyl (C=O) groups is 2. The average molecular weight is 296 g/mol. The molecule has 116 valence electrons. The van der Waals surface area contributed by atoms with Crippen LogP contribution in [-0.2, 0) is 4.79 Å². The van der Waals surface area contributed by atoms with Crippen LogP contribution in [0.2, 0.25) is 0 Å². The largest absolute Gasteiger partial charge is 0.338 e. The third-order valence-electron chi connectivity index (χ3n) is 3.12. The Kier molecular flexibility index (Phi) is 6.81. The molecule has 0 saturated heterocycles. The Morgan fingerprint density at radius 1 is 1.24 bits per heavy atom. The number of halogens is 1. The van der Waals surface area contributed by atoms with Gasteiger partial charge in [-0.1, -0.05) is 26.0 Å². The van der Waals surface area contributed by atoms with Crippen molar-refractivity contribution in [2.24, 2.45) is 5.92 Å². The number of imide groups is 1. The highest BCUT2D eigenvalue weighted by atomic mass is 19.1. The molecule has 0 spiro atoms. The van der Waals surface area contributed by atoms with E-state index in [1.54, 1.807) is 19.1 Å². The maximum Gasteiger partial charge on any atom is 0.321 e. The van der Waals surface area contributed by atoms with E-state index in [-0.39, 0.29) is 30.2 Å². The second kappa shape index (κ2) is 8.36. The highest BCUT2D eigenvalue weighted by Crippen LogP contribution is 2.17. The minimum atomic E-state index is -0.487. The molecule has 1 atom stereocenters. The first-order valence-corrected chi connectivity index (χ1v) is 7.10. The molecule has 0 aromatic heterocycles. The lowest BCUT2D eigenvalue weighted by Crippen LogP contribution is -2.88. The molecule has 21 heavy (non-hydrogen) atoms. The van der Waals surface area contributed by atoms with Crippen LogP contribution in [0.3, 0.4) is 0 Å². The molecule has 0 aliphatic rings. The van der Waals surface area contributed by atoms with Crippen LogP contribution in [-0.4, -0.2) is 25.0 Å². The van der Waals surface area contributed by atoms with Crippen molar-refractivity contribution in [3.63, 3.8) is 0 Å². The standard InChI is InChI=1S/C15H22FN3O2/c1-4-17-15(21)19-13(20)9-18-14(10(2)3)11-5-7-12(16)8-6-11/h5-8,10,14,18H,4,9H2,1-3H3,(H2,17,19,20,21)/p+1/t14-/m0/s1. The third-order valence-corrected chi connectivity index (χ3v) is 3.12. The lowest BCUT2D eigenvalue weighted by molar-refractivity contribution is -0.692. The lowest BCUT2D eigenvalue weighted by atomic mass is 9.96. The molecule has 1 rings (SSSR count). The fourth-order valence-electron chi connectivity index (χ4n) is 2.09. The van der Waals surface area contributed by atoms with E-state index in [1.807, 2.05) is 19.2 Å². The number of hydrogen-bond acceptors (Lipinski definition) is 2. The van der Waals surface area contributed by atoms with Crippen molar-refractivity contribution in [3.05, 3.63) is 35.6 Å². The molecule has 0 radical (unpaired) electrons. The van der Waals surface area contributed by atoms with Gasteiger partial charge in [-0.25, -0.2) is 9.18 Å². The van der Waals surface area contributed by atoms with Crippen molar-refractivity contribution in [1.29, 1.82) is 0 Å². The van der Waals surface area contributed by atoms with Gasteiger partial charge in [-0.05, 0) is 19.1 Å². The Bertz CT molecular complexity index is 474. The second-order valence-corrected chi connectivity index (χ2v) is 5.17.